The highest BCUT2D eigenvalue weighted by atomic mass is 35.5. The van der Waals surface area contributed by atoms with E-state index in [1.54, 1.807) is 23.0 Å². The fourth-order valence-electron chi connectivity index (χ4n) is 4.48. The molecule has 1 amide bonds. The quantitative estimate of drug-likeness (QED) is 0.253. The van der Waals surface area contributed by atoms with Crippen LogP contribution in [0.5, 0.6) is 0 Å². The lowest BCUT2D eigenvalue weighted by atomic mass is 9.96. The number of anilines is 2. The molecule has 9 nitrogen and oxygen atoms in total. The van der Waals surface area contributed by atoms with Crippen LogP contribution in [-0.2, 0) is 10.3 Å². The number of primary amides is 1. The minimum Gasteiger partial charge on any atom is -0.383 e. The van der Waals surface area contributed by atoms with E-state index in [4.69, 9.17) is 28.9 Å². The van der Waals surface area contributed by atoms with Gasteiger partial charge in [-0.1, -0.05) is 67.4 Å². The van der Waals surface area contributed by atoms with Crippen molar-refractivity contribution < 1.29 is 4.79 Å². The number of hydrogen-bond donors (Lipinski definition) is 3. The Hall–Kier alpha value is -3.87. The predicted octanol–water partition coefficient (Wildman–Crippen LogP) is 5.64. The first-order chi connectivity index (χ1) is 18.5. The largest absolute Gasteiger partial charge is 0.383 e. The van der Waals surface area contributed by atoms with Gasteiger partial charge in [-0.05, 0) is 42.0 Å². The molecule has 1 aliphatic carbocycles. The van der Waals surface area contributed by atoms with E-state index in [-0.39, 0.29) is 5.41 Å². The lowest BCUT2D eigenvalue weighted by Gasteiger charge is -2.22. The van der Waals surface area contributed by atoms with Crippen molar-refractivity contribution in [1.82, 2.24) is 20.0 Å². The SMILES string of the molecule is CC(C)(C)CNc1c(C#N)cnc2c(Cl)cc(N[C@H](c3cn(C4(C(N)=O)CC4)nn3)c3ccccc3Cl)cc12. The molecule has 4 N–H and O–H groups in total. The third-order valence-electron chi connectivity index (χ3n) is 6.80. The molecule has 39 heavy (non-hydrogen) atoms. The van der Waals surface area contributed by atoms with E-state index in [1.165, 1.54) is 6.20 Å². The Morgan fingerprint density at radius 3 is 2.62 bits per heavy atom. The molecule has 0 saturated heterocycles. The van der Waals surface area contributed by atoms with Gasteiger partial charge < -0.3 is 16.4 Å². The van der Waals surface area contributed by atoms with Gasteiger partial charge in [0.2, 0.25) is 5.91 Å². The third kappa shape index (κ3) is 5.22. The van der Waals surface area contributed by atoms with Crippen molar-refractivity contribution in [2.75, 3.05) is 17.2 Å². The number of amides is 1. The van der Waals surface area contributed by atoms with Crippen molar-refractivity contribution in [3.63, 3.8) is 0 Å². The van der Waals surface area contributed by atoms with Gasteiger partial charge in [0.15, 0.2) is 0 Å². The van der Waals surface area contributed by atoms with Crippen molar-refractivity contribution in [1.29, 1.82) is 5.26 Å². The Balaban J connectivity index is 1.60. The Morgan fingerprint density at radius 1 is 1.23 bits per heavy atom. The summed E-state index contributed by atoms with van der Waals surface area (Å²) in [7, 11) is 0. The van der Waals surface area contributed by atoms with Crippen LogP contribution in [0.15, 0.2) is 48.8 Å². The number of benzene rings is 2. The number of fused-ring (bicyclic) bond motifs is 1. The second-order valence-electron chi connectivity index (χ2n) is 11.0. The van der Waals surface area contributed by atoms with Gasteiger partial charge in [-0.2, -0.15) is 5.26 Å². The molecule has 2 aromatic carbocycles. The molecule has 1 saturated carbocycles. The first kappa shape index (κ1) is 26.7. The zero-order chi connectivity index (χ0) is 27.9. The molecule has 2 aromatic heterocycles. The van der Waals surface area contributed by atoms with Gasteiger partial charge in [0.25, 0.3) is 0 Å². The summed E-state index contributed by atoms with van der Waals surface area (Å²) in [5.41, 5.74) is 8.45. The van der Waals surface area contributed by atoms with Crippen LogP contribution in [0.2, 0.25) is 10.0 Å². The van der Waals surface area contributed by atoms with E-state index in [0.717, 1.165) is 5.56 Å². The summed E-state index contributed by atoms with van der Waals surface area (Å²) in [6.45, 7) is 6.98. The first-order valence-corrected chi connectivity index (χ1v) is 13.3. The molecule has 2 heterocycles. The average molecular weight is 563 g/mol. The number of nitrogens with two attached hydrogens (primary N) is 1. The highest BCUT2D eigenvalue weighted by molar-refractivity contribution is 6.36. The maximum atomic E-state index is 12.1. The Bertz CT molecular complexity index is 1610. The number of hydrogen-bond acceptors (Lipinski definition) is 7. The van der Waals surface area contributed by atoms with Gasteiger partial charge in [-0.3, -0.25) is 9.78 Å². The van der Waals surface area contributed by atoms with Crippen LogP contribution in [0.1, 0.15) is 56.5 Å². The molecule has 1 aliphatic rings. The number of aromatic nitrogens is 4. The molecule has 0 bridgehead atoms. The van der Waals surface area contributed by atoms with E-state index < -0.39 is 17.5 Å². The first-order valence-electron chi connectivity index (χ1n) is 12.5. The van der Waals surface area contributed by atoms with Crippen molar-refractivity contribution >= 4 is 51.4 Å². The smallest absolute Gasteiger partial charge is 0.245 e. The highest BCUT2D eigenvalue weighted by Crippen LogP contribution is 2.43. The lowest BCUT2D eigenvalue weighted by Crippen LogP contribution is -2.34. The monoisotopic (exact) mass is 562 g/mol. The molecule has 1 fully saturated rings. The van der Waals surface area contributed by atoms with Gasteiger partial charge in [-0.15, -0.1) is 5.10 Å². The average Bonchev–Trinajstić information content (AvgIpc) is 3.56. The number of nitrogens with one attached hydrogen (secondary N) is 2. The Morgan fingerprint density at radius 2 is 1.97 bits per heavy atom. The summed E-state index contributed by atoms with van der Waals surface area (Å²) in [6, 6.07) is 12.8. The number of pyridine rings is 1. The highest BCUT2D eigenvalue weighted by Gasteiger charge is 2.52. The van der Waals surface area contributed by atoms with Crippen LogP contribution in [0.3, 0.4) is 0 Å². The molecule has 0 aliphatic heterocycles. The summed E-state index contributed by atoms with van der Waals surface area (Å²) in [5, 5.41) is 27.0. The van der Waals surface area contributed by atoms with Gasteiger partial charge in [0, 0.05) is 28.8 Å². The molecule has 5 rings (SSSR count). The summed E-state index contributed by atoms with van der Waals surface area (Å²) < 4.78 is 1.54. The van der Waals surface area contributed by atoms with Crippen molar-refractivity contribution in [2.45, 2.75) is 45.2 Å². The van der Waals surface area contributed by atoms with Gasteiger partial charge in [-0.25, -0.2) is 4.68 Å². The van der Waals surface area contributed by atoms with Crippen LogP contribution in [-0.4, -0.2) is 32.4 Å². The maximum Gasteiger partial charge on any atom is 0.245 e. The molecule has 0 radical (unpaired) electrons. The normalized spacial score (nSPS) is 15.0. The molecule has 1 atom stereocenters. The number of carbonyl (C=O) groups is 1. The van der Waals surface area contributed by atoms with E-state index in [9.17, 15) is 10.1 Å². The molecule has 200 valence electrons. The molecule has 4 aromatic rings. The number of nitrogens with zero attached hydrogens (tertiary/aromatic N) is 5. The summed E-state index contributed by atoms with van der Waals surface area (Å²) in [6.07, 6.45) is 4.50. The lowest BCUT2D eigenvalue weighted by molar-refractivity contribution is -0.122. The van der Waals surface area contributed by atoms with Gasteiger partial charge >= 0.3 is 0 Å². The minimum atomic E-state index is -0.838. The van der Waals surface area contributed by atoms with E-state index in [1.807, 2.05) is 24.3 Å². The molecule has 0 unspecified atom stereocenters. The Labute approximate surface area is 236 Å². The predicted molar refractivity (Wildman–Crippen MR) is 153 cm³/mol. The van der Waals surface area contributed by atoms with Crippen LogP contribution in [0, 0.1) is 16.7 Å². The second-order valence-corrected chi connectivity index (χ2v) is 11.8. The van der Waals surface area contributed by atoms with Crippen molar-refractivity contribution in [3.05, 3.63) is 75.7 Å². The van der Waals surface area contributed by atoms with Crippen LogP contribution in [0.25, 0.3) is 10.9 Å². The van der Waals surface area contributed by atoms with Crippen LogP contribution in [0.4, 0.5) is 11.4 Å². The summed E-state index contributed by atoms with van der Waals surface area (Å²) >= 11 is 13.3. The van der Waals surface area contributed by atoms with Crippen LogP contribution >= 0.6 is 23.2 Å². The summed E-state index contributed by atoms with van der Waals surface area (Å²) in [4.78, 5) is 16.5. The molecule has 11 heteroatoms. The minimum absolute atomic E-state index is 0.0210. The topological polar surface area (TPSA) is 135 Å². The second kappa shape index (κ2) is 10.0. The number of halogens is 2. The molecular formula is C28H28Cl2N8O. The fraction of sp³-hybridized carbons (Fsp3) is 0.321. The zero-order valence-electron chi connectivity index (χ0n) is 21.8. The molecular weight excluding hydrogens is 535 g/mol. The van der Waals surface area contributed by atoms with E-state index >= 15 is 0 Å². The fourth-order valence-corrected chi connectivity index (χ4v) is 5.00. The van der Waals surface area contributed by atoms with Crippen molar-refractivity contribution in [2.24, 2.45) is 11.1 Å². The van der Waals surface area contributed by atoms with E-state index in [0.29, 0.717) is 63.0 Å². The zero-order valence-corrected chi connectivity index (χ0v) is 23.3. The van der Waals surface area contributed by atoms with Gasteiger partial charge in [0.1, 0.15) is 17.3 Å². The number of rotatable bonds is 8. The van der Waals surface area contributed by atoms with Crippen LogP contribution < -0.4 is 16.4 Å². The number of nitriles is 1. The van der Waals surface area contributed by atoms with Crippen molar-refractivity contribution in [3.8, 4) is 6.07 Å². The van der Waals surface area contributed by atoms with E-state index in [2.05, 4.69) is 52.8 Å². The third-order valence-corrected chi connectivity index (χ3v) is 7.43. The molecule has 0 spiro atoms. The van der Waals surface area contributed by atoms with Gasteiger partial charge in [0.05, 0.1) is 34.0 Å². The standard InChI is InChI=1S/C28H28Cl2N8O/c1-27(2,3)15-34-23-16(12-31)13-33-24-19(23)10-17(11-21(24)30)35-25(18-6-4-5-7-20(18)29)22-14-38(37-36-22)28(8-9-28)26(32)39/h4-7,10-11,13-14,25,35H,8-9,15H2,1-3H3,(H2,32,39)(H,33,34)/t25-/m0/s1. The summed E-state index contributed by atoms with van der Waals surface area (Å²) in [5.74, 6) is -0.432. The maximum absolute atomic E-state index is 12.1. The Kier molecular flexibility index (Phi) is 6.87. The number of carbonyl (C=O) groups excluding carboxylic acids is 1.